The van der Waals surface area contributed by atoms with Gasteiger partial charge in [-0.1, -0.05) is 0 Å². The molecule has 0 radical (unpaired) electrons. The summed E-state index contributed by atoms with van der Waals surface area (Å²) in [5, 5.41) is 0. The van der Waals surface area contributed by atoms with Crippen LogP contribution < -0.4 is 10.6 Å². The molecule has 0 unspecified atom stereocenters. The smallest absolute Gasteiger partial charge is 0.409 e. The average Bonchev–Trinajstić information content (AvgIpc) is 2.38. The third-order valence-corrected chi connectivity index (χ3v) is 3.08. The molecule has 1 amide bonds. The lowest BCUT2D eigenvalue weighted by molar-refractivity contribution is 0.105. The van der Waals surface area contributed by atoms with E-state index >= 15 is 0 Å². The fraction of sp³-hybridized carbons (Fsp3) is 0.462. The first-order valence-corrected chi connectivity index (χ1v) is 6.33. The summed E-state index contributed by atoms with van der Waals surface area (Å²) in [6.45, 7) is 4.57. The van der Waals surface area contributed by atoms with Crippen LogP contribution >= 0.6 is 0 Å². The summed E-state index contributed by atoms with van der Waals surface area (Å²) in [7, 11) is 0. The molecule has 1 aliphatic rings. The molecule has 6 heteroatoms. The van der Waals surface area contributed by atoms with Crippen molar-refractivity contribution in [1.82, 2.24) is 4.90 Å². The highest BCUT2D eigenvalue weighted by atomic mass is 19.1. The van der Waals surface area contributed by atoms with E-state index in [0.717, 1.165) is 5.69 Å². The number of amides is 1. The van der Waals surface area contributed by atoms with Crippen molar-refractivity contribution in [2.75, 3.05) is 43.4 Å². The van der Waals surface area contributed by atoms with Crippen molar-refractivity contribution >= 4 is 17.5 Å². The Morgan fingerprint density at radius 2 is 2.00 bits per heavy atom. The highest BCUT2D eigenvalue weighted by Crippen LogP contribution is 2.21. The van der Waals surface area contributed by atoms with Crippen LogP contribution in [0.5, 0.6) is 0 Å². The van der Waals surface area contributed by atoms with Gasteiger partial charge in [0.25, 0.3) is 0 Å². The van der Waals surface area contributed by atoms with Gasteiger partial charge in [-0.05, 0) is 25.1 Å². The van der Waals surface area contributed by atoms with Crippen LogP contribution in [0, 0.1) is 5.82 Å². The van der Waals surface area contributed by atoms with Gasteiger partial charge in [-0.2, -0.15) is 0 Å². The van der Waals surface area contributed by atoms with E-state index in [1.54, 1.807) is 17.9 Å². The maximum absolute atomic E-state index is 13.3. The highest BCUT2D eigenvalue weighted by molar-refractivity contribution is 5.68. The summed E-state index contributed by atoms with van der Waals surface area (Å²) in [6, 6.07) is 4.48. The van der Waals surface area contributed by atoms with Gasteiger partial charge in [-0.3, -0.25) is 0 Å². The lowest BCUT2D eigenvalue weighted by atomic mass is 10.2. The van der Waals surface area contributed by atoms with E-state index in [4.69, 9.17) is 10.5 Å². The maximum atomic E-state index is 13.3. The number of ether oxygens (including phenoxy) is 1. The number of nitrogen functional groups attached to an aromatic ring is 1. The summed E-state index contributed by atoms with van der Waals surface area (Å²) in [6.07, 6.45) is -0.291. The minimum Gasteiger partial charge on any atom is -0.450 e. The lowest BCUT2D eigenvalue weighted by Crippen LogP contribution is -2.49. The first-order chi connectivity index (χ1) is 9.10. The molecule has 2 N–H and O–H groups in total. The Labute approximate surface area is 111 Å². The van der Waals surface area contributed by atoms with Crippen molar-refractivity contribution in [3.8, 4) is 0 Å². The quantitative estimate of drug-likeness (QED) is 0.828. The van der Waals surface area contributed by atoms with E-state index in [2.05, 4.69) is 0 Å². The van der Waals surface area contributed by atoms with Crippen LogP contribution in [0.3, 0.4) is 0 Å². The zero-order valence-corrected chi connectivity index (χ0v) is 10.9. The molecule has 1 aliphatic heterocycles. The van der Waals surface area contributed by atoms with Crippen LogP contribution in [-0.2, 0) is 4.74 Å². The van der Waals surface area contributed by atoms with E-state index in [1.165, 1.54) is 12.1 Å². The molecule has 0 aromatic heterocycles. The van der Waals surface area contributed by atoms with Gasteiger partial charge in [0.05, 0.1) is 6.61 Å². The first-order valence-electron chi connectivity index (χ1n) is 6.33. The Kier molecular flexibility index (Phi) is 4.09. The summed E-state index contributed by atoms with van der Waals surface area (Å²) in [5.74, 6) is -0.345. The third kappa shape index (κ3) is 3.27. The third-order valence-electron chi connectivity index (χ3n) is 3.08. The molecule has 19 heavy (non-hydrogen) atoms. The Hall–Kier alpha value is -1.98. The van der Waals surface area contributed by atoms with Gasteiger partial charge in [0.1, 0.15) is 5.82 Å². The molecule has 0 saturated carbocycles. The Bertz CT molecular complexity index is 439. The van der Waals surface area contributed by atoms with Gasteiger partial charge < -0.3 is 20.3 Å². The van der Waals surface area contributed by atoms with Crippen LogP contribution in [0.4, 0.5) is 20.6 Å². The number of carbonyl (C=O) groups is 1. The monoisotopic (exact) mass is 267 g/mol. The molecular formula is C13H18FN3O2. The standard InChI is InChI=1S/C13H18FN3O2/c1-2-19-13(18)17-5-3-16(4-6-17)12-8-10(14)7-11(15)9-12/h7-9H,2-6,15H2,1H3. The highest BCUT2D eigenvalue weighted by Gasteiger charge is 2.22. The predicted octanol–water partition coefficient (Wildman–Crippen LogP) is 1.69. The van der Waals surface area contributed by atoms with Crippen molar-refractivity contribution in [2.45, 2.75) is 6.92 Å². The summed E-state index contributed by atoms with van der Waals surface area (Å²) in [4.78, 5) is 15.2. The maximum Gasteiger partial charge on any atom is 0.409 e. The minimum atomic E-state index is -0.345. The number of carbonyl (C=O) groups excluding carboxylic acids is 1. The average molecular weight is 267 g/mol. The fourth-order valence-corrected chi connectivity index (χ4v) is 2.14. The second-order valence-electron chi connectivity index (χ2n) is 4.42. The largest absolute Gasteiger partial charge is 0.450 e. The second kappa shape index (κ2) is 5.77. The number of anilines is 2. The number of hydrogen-bond acceptors (Lipinski definition) is 4. The second-order valence-corrected chi connectivity index (χ2v) is 4.42. The number of halogens is 1. The summed E-state index contributed by atoms with van der Waals surface area (Å²) in [5.41, 5.74) is 6.79. The number of nitrogens with two attached hydrogens (primary N) is 1. The Morgan fingerprint density at radius 1 is 1.32 bits per heavy atom. The molecule has 2 rings (SSSR count). The molecule has 1 saturated heterocycles. The van der Waals surface area contributed by atoms with Crippen molar-refractivity contribution in [2.24, 2.45) is 0 Å². The molecule has 0 spiro atoms. The van der Waals surface area contributed by atoms with E-state index in [9.17, 15) is 9.18 Å². The summed E-state index contributed by atoms with van der Waals surface area (Å²) < 4.78 is 18.2. The van der Waals surface area contributed by atoms with Crippen molar-refractivity contribution in [3.05, 3.63) is 24.0 Å². The Morgan fingerprint density at radius 3 is 2.58 bits per heavy atom. The van der Waals surface area contributed by atoms with Crippen molar-refractivity contribution in [1.29, 1.82) is 0 Å². The SMILES string of the molecule is CCOC(=O)N1CCN(c2cc(N)cc(F)c2)CC1. The topological polar surface area (TPSA) is 58.8 Å². The van der Waals surface area contributed by atoms with Crippen LogP contribution in [0.1, 0.15) is 6.92 Å². The molecule has 0 aliphatic carbocycles. The zero-order valence-electron chi connectivity index (χ0n) is 10.9. The number of nitrogens with zero attached hydrogens (tertiary/aromatic N) is 2. The molecule has 0 atom stereocenters. The number of rotatable bonds is 2. The van der Waals surface area contributed by atoms with Gasteiger partial charge in [0.15, 0.2) is 0 Å². The molecule has 1 heterocycles. The number of hydrogen-bond donors (Lipinski definition) is 1. The van der Waals surface area contributed by atoms with E-state index in [0.29, 0.717) is 38.5 Å². The number of benzene rings is 1. The fourth-order valence-electron chi connectivity index (χ4n) is 2.14. The zero-order chi connectivity index (χ0) is 13.8. The number of piperazine rings is 1. The molecule has 1 fully saturated rings. The lowest BCUT2D eigenvalue weighted by Gasteiger charge is -2.35. The van der Waals surface area contributed by atoms with Gasteiger partial charge in [0, 0.05) is 37.6 Å². The van der Waals surface area contributed by atoms with Crippen molar-refractivity contribution < 1.29 is 13.9 Å². The molecule has 1 aromatic carbocycles. The van der Waals surface area contributed by atoms with Gasteiger partial charge in [-0.15, -0.1) is 0 Å². The van der Waals surface area contributed by atoms with E-state index in [-0.39, 0.29) is 11.9 Å². The van der Waals surface area contributed by atoms with Gasteiger partial charge in [0.2, 0.25) is 0 Å². The molecule has 1 aromatic rings. The van der Waals surface area contributed by atoms with Crippen LogP contribution in [0.15, 0.2) is 18.2 Å². The van der Waals surface area contributed by atoms with Gasteiger partial charge in [-0.25, -0.2) is 9.18 Å². The van der Waals surface area contributed by atoms with Crippen LogP contribution in [-0.4, -0.2) is 43.8 Å². The normalized spacial score (nSPS) is 15.5. The van der Waals surface area contributed by atoms with E-state index < -0.39 is 0 Å². The molecule has 5 nitrogen and oxygen atoms in total. The van der Waals surface area contributed by atoms with Gasteiger partial charge >= 0.3 is 6.09 Å². The molecule has 0 bridgehead atoms. The van der Waals surface area contributed by atoms with E-state index in [1.807, 2.05) is 4.90 Å². The molecular weight excluding hydrogens is 249 g/mol. The summed E-state index contributed by atoms with van der Waals surface area (Å²) >= 11 is 0. The minimum absolute atomic E-state index is 0.291. The van der Waals surface area contributed by atoms with Crippen molar-refractivity contribution in [3.63, 3.8) is 0 Å². The molecule has 104 valence electrons. The Balaban J connectivity index is 1.97. The first kappa shape index (κ1) is 13.5. The van der Waals surface area contributed by atoms with Crippen LogP contribution in [0.2, 0.25) is 0 Å². The van der Waals surface area contributed by atoms with Crippen LogP contribution in [0.25, 0.3) is 0 Å². The predicted molar refractivity (Wildman–Crippen MR) is 71.6 cm³/mol.